The number of imide groups is 1. The minimum Gasteiger partial charge on any atom is -0.483 e. The topological polar surface area (TPSA) is 76.7 Å². The fourth-order valence-corrected chi connectivity index (χ4v) is 2.61. The summed E-state index contributed by atoms with van der Waals surface area (Å²) < 4.78 is 11.8. The Bertz CT molecular complexity index is 511. The van der Waals surface area contributed by atoms with E-state index in [2.05, 4.69) is 42.5 Å². The van der Waals surface area contributed by atoms with Crippen molar-refractivity contribution in [2.45, 2.75) is 13.0 Å². The maximum absolute atomic E-state index is 11.6. The van der Waals surface area contributed by atoms with Crippen molar-refractivity contribution >= 4 is 43.8 Å². The average molecular weight is 424 g/mol. The summed E-state index contributed by atoms with van der Waals surface area (Å²) in [4.78, 5) is 23.1. The van der Waals surface area contributed by atoms with Crippen molar-refractivity contribution < 1.29 is 19.1 Å². The summed E-state index contributed by atoms with van der Waals surface area (Å²) in [5.41, 5.74) is 0. The molecule has 0 fully saturated rings. The molecular weight excluding hydrogens is 408 g/mol. The van der Waals surface area contributed by atoms with E-state index in [9.17, 15) is 9.59 Å². The van der Waals surface area contributed by atoms with Gasteiger partial charge in [-0.1, -0.05) is 15.9 Å². The first-order valence-electron chi connectivity index (χ1n) is 6.09. The van der Waals surface area contributed by atoms with Gasteiger partial charge in [-0.2, -0.15) is 0 Å². The number of hydrogen-bond acceptors (Lipinski definition) is 4. The van der Waals surface area contributed by atoms with Crippen LogP contribution in [0.25, 0.3) is 0 Å². The van der Waals surface area contributed by atoms with Gasteiger partial charge in [0, 0.05) is 11.6 Å². The van der Waals surface area contributed by atoms with Gasteiger partial charge in [0.25, 0.3) is 5.91 Å². The number of amides is 3. The summed E-state index contributed by atoms with van der Waals surface area (Å²) in [6, 6.07) is 4.53. The molecule has 21 heavy (non-hydrogen) atoms. The smallest absolute Gasteiger partial charge is 0.321 e. The number of carbonyl (C=O) groups excluding carboxylic acids is 2. The molecule has 0 bridgehead atoms. The van der Waals surface area contributed by atoms with E-state index in [0.29, 0.717) is 16.8 Å². The second-order valence-corrected chi connectivity index (χ2v) is 6.01. The third kappa shape index (κ3) is 6.92. The number of benzene rings is 1. The van der Waals surface area contributed by atoms with Crippen LogP contribution in [0.15, 0.2) is 27.1 Å². The summed E-state index contributed by atoms with van der Waals surface area (Å²) in [5, 5.41) is 4.74. The van der Waals surface area contributed by atoms with E-state index in [-0.39, 0.29) is 12.6 Å². The van der Waals surface area contributed by atoms with E-state index in [1.807, 2.05) is 0 Å². The van der Waals surface area contributed by atoms with Gasteiger partial charge in [0.2, 0.25) is 0 Å². The van der Waals surface area contributed by atoms with Gasteiger partial charge in [0.05, 0.1) is 17.1 Å². The van der Waals surface area contributed by atoms with Gasteiger partial charge in [0.1, 0.15) is 5.75 Å². The SMILES string of the molecule is COCC(C)NC(=O)NC(=O)COc1ccc(Br)cc1Br. The van der Waals surface area contributed by atoms with Crippen molar-refractivity contribution in [2.24, 2.45) is 0 Å². The Kier molecular flexibility index (Phi) is 7.69. The van der Waals surface area contributed by atoms with Crippen LogP contribution in [0.5, 0.6) is 5.75 Å². The second kappa shape index (κ2) is 9.01. The number of methoxy groups -OCH3 is 1. The molecule has 0 heterocycles. The first-order chi connectivity index (χ1) is 9.92. The number of carbonyl (C=O) groups is 2. The molecule has 0 spiro atoms. The Morgan fingerprint density at radius 2 is 2.05 bits per heavy atom. The predicted molar refractivity (Wildman–Crippen MR) is 85.3 cm³/mol. The average Bonchev–Trinajstić information content (AvgIpc) is 2.37. The quantitative estimate of drug-likeness (QED) is 0.736. The molecule has 0 aromatic heterocycles. The second-order valence-electron chi connectivity index (χ2n) is 4.24. The van der Waals surface area contributed by atoms with Gasteiger partial charge >= 0.3 is 6.03 Å². The Morgan fingerprint density at radius 3 is 2.67 bits per heavy atom. The fourth-order valence-electron chi connectivity index (χ4n) is 1.45. The largest absolute Gasteiger partial charge is 0.483 e. The summed E-state index contributed by atoms with van der Waals surface area (Å²) in [5.74, 6) is -0.0200. The van der Waals surface area contributed by atoms with Crippen LogP contribution in [0.1, 0.15) is 6.92 Å². The van der Waals surface area contributed by atoms with Crippen LogP contribution in [0, 0.1) is 0 Å². The molecule has 0 radical (unpaired) electrons. The highest BCUT2D eigenvalue weighted by Gasteiger charge is 2.12. The van der Waals surface area contributed by atoms with Crippen LogP contribution >= 0.6 is 31.9 Å². The molecule has 0 saturated carbocycles. The number of ether oxygens (including phenoxy) is 2. The van der Waals surface area contributed by atoms with Crippen molar-refractivity contribution in [1.82, 2.24) is 10.6 Å². The maximum atomic E-state index is 11.6. The fraction of sp³-hybridized carbons (Fsp3) is 0.385. The van der Waals surface area contributed by atoms with Crippen molar-refractivity contribution in [3.05, 3.63) is 27.1 Å². The lowest BCUT2D eigenvalue weighted by Crippen LogP contribution is -2.46. The number of halogens is 2. The predicted octanol–water partition coefficient (Wildman–Crippen LogP) is 2.45. The van der Waals surface area contributed by atoms with Gasteiger partial charge in [-0.15, -0.1) is 0 Å². The molecule has 1 unspecified atom stereocenters. The highest BCUT2D eigenvalue weighted by molar-refractivity contribution is 9.11. The first-order valence-corrected chi connectivity index (χ1v) is 7.68. The number of hydrogen-bond donors (Lipinski definition) is 2. The number of nitrogens with one attached hydrogen (secondary N) is 2. The lowest BCUT2D eigenvalue weighted by atomic mass is 10.3. The lowest BCUT2D eigenvalue weighted by molar-refractivity contribution is -0.122. The third-order valence-corrected chi connectivity index (χ3v) is 3.41. The van der Waals surface area contributed by atoms with Crippen LogP contribution in [-0.2, 0) is 9.53 Å². The zero-order chi connectivity index (χ0) is 15.8. The molecule has 3 amide bonds. The van der Waals surface area contributed by atoms with Crippen molar-refractivity contribution in [2.75, 3.05) is 20.3 Å². The Hall–Kier alpha value is -1.12. The molecule has 1 aromatic carbocycles. The van der Waals surface area contributed by atoms with E-state index in [1.54, 1.807) is 25.1 Å². The van der Waals surface area contributed by atoms with Crippen LogP contribution in [-0.4, -0.2) is 38.3 Å². The lowest BCUT2D eigenvalue weighted by Gasteiger charge is -2.13. The number of rotatable bonds is 6. The van der Waals surface area contributed by atoms with Gasteiger partial charge in [0.15, 0.2) is 6.61 Å². The molecule has 2 N–H and O–H groups in total. The van der Waals surface area contributed by atoms with E-state index < -0.39 is 11.9 Å². The molecule has 1 atom stereocenters. The Labute approximate surface area is 139 Å². The molecule has 6 nitrogen and oxygen atoms in total. The van der Waals surface area contributed by atoms with Crippen LogP contribution in [0.2, 0.25) is 0 Å². The standard InChI is InChI=1S/C13H16Br2N2O4/c1-8(6-20-2)16-13(19)17-12(18)7-21-11-4-3-9(14)5-10(11)15/h3-5,8H,6-7H2,1-2H3,(H2,16,17,18,19). The van der Waals surface area contributed by atoms with E-state index in [0.717, 1.165) is 4.47 Å². The maximum Gasteiger partial charge on any atom is 0.321 e. The zero-order valence-electron chi connectivity index (χ0n) is 11.6. The molecule has 0 aliphatic rings. The van der Waals surface area contributed by atoms with Gasteiger partial charge < -0.3 is 14.8 Å². The Morgan fingerprint density at radius 1 is 1.33 bits per heavy atom. The third-order valence-electron chi connectivity index (χ3n) is 2.30. The van der Waals surface area contributed by atoms with Crippen LogP contribution in [0.3, 0.4) is 0 Å². The van der Waals surface area contributed by atoms with Gasteiger partial charge in [-0.25, -0.2) is 4.79 Å². The van der Waals surface area contributed by atoms with Gasteiger partial charge in [-0.3, -0.25) is 10.1 Å². The first kappa shape index (κ1) is 17.9. The van der Waals surface area contributed by atoms with E-state index in [4.69, 9.17) is 9.47 Å². The summed E-state index contributed by atoms with van der Waals surface area (Å²) in [6.45, 7) is 1.87. The minimum absolute atomic E-state index is 0.190. The molecule has 0 aliphatic heterocycles. The molecule has 0 aliphatic carbocycles. The molecule has 1 aromatic rings. The van der Waals surface area contributed by atoms with Crippen molar-refractivity contribution in [3.63, 3.8) is 0 Å². The minimum atomic E-state index is -0.581. The monoisotopic (exact) mass is 422 g/mol. The summed E-state index contributed by atoms with van der Waals surface area (Å²) in [7, 11) is 1.53. The van der Waals surface area contributed by atoms with Crippen LogP contribution < -0.4 is 15.4 Å². The van der Waals surface area contributed by atoms with Crippen molar-refractivity contribution in [1.29, 1.82) is 0 Å². The molecule has 1 rings (SSSR count). The molecular formula is C13H16Br2N2O4. The Balaban J connectivity index is 2.38. The normalized spacial score (nSPS) is 11.6. The van der Waals surface area contributed by atoms with Gasteiger partial charge in [-0.05, 0) is 41.1 Å². The number of urea groups is 1. The summed E-state index contributed by atoms with van der Waals surface area (Å²) in [6.07, 6.45) is 0. The highest BCUT2D eigenvalue weighted by Crippen LogP contribution is 2.27. The molecule has 8 heteroatoms. The molecule has 0 saturated heterocycles. The van der Waals surface area contributed by atoms with E-state index >= 15 is 0 Å². The zero-order valence-corrected chi connectivity index (χ0v) is 14.8. The van der Waals surface area contributed by atoms with Crippen LogP contribution in [0.4, 0.5) is 4.79 Å². The molecule has 116 valence electrons. The summed E-state index contributed by atoms with van der Waals surface area (Å²) >= 11 is 6.63. The van der Waals surface area contributed by atoms with Crippen molar-refractivity contribution in [3.8, 4) is 5.75 Å². The highest BCUT2D eigenvalue weighted by atomic mass is 79.9. The van der Waals surface area contributed by atoms with E-state index in [1.165, 1.54) is 7.11 Å².